The third kappa shape index (κ3) is 7.00. The summed E-state index contributed by atoms with van der Waals surface area (Å²) in [4.78, 5) is 7.64. The predicted molar refractivity (Wildman–Crippen MR) is 287 cm³/mol. The number of benzene rings is 7. The molecule has 0 radical (unpaired) electrons. The first kappa shape index (κ1) is 41.6. The molecule has 322 valence electrons. The molecule has 0 spiro atoms. The van der Waals surface area contributed by atoms with Gasteiger partial charge >= 0.3 is 0 Å². The second-order valence-electron chi connectivity index (χ2n) is 21.2. The van der Waals surface area contributed by atoms with E-state index in [4.69, 9.17) is 0 Å². The molecule has 0 unspecified atom stereocenters. The van der Waals surface area contributed by atoms with E-state index in [2.05, 4.69) is 242 Å². The lowest BCUT2D eigenvalue weighted by Gasteiger charge is -2.44. The van der Waals surface area contributed by atoms with Crippen LogP contribution in [0.4, 0.5) is 49.8 Å². The van der Waals surface area contributed by atoms with E-state index in [1.54, 1.807) is 0 Å². The molecule has 11 rings (SSSR count). The van der Waals surface area contributed by atoms with Crippen LogP contribution >= 0.6 is 22.7 Å². The van der Waals surface area contributed by atoms with Crippen molar-refractivity contribution in [2.45, 2.75) is 85.5 Å². The molecule has 65 heavy (non-hydrogen) atoms. The average Bonchev–Trinajstić information content (AvgIpc) is 3.87. The molecular weight excluding hydrogens is 826 g/mol. The molecule has 6 heteroatoms. The van der Waals surface area contributed by atoms with Gasteiger partial charge in [0.15, 0.2) is 0 Å². The number of nitrogens with zero attached hydrogens (tertiary/aromatic N) is 3. The summed E-state index contributed by atoms with van der Waals surface area (Å²) in [6.45, 7) is 23.1. The summed E-state index contributed by atoms with van der Waals surface area (Å²) >= 11 is 3.85. The zero-order valence-electron chi connectivity index (χ0n) is 39.2. The second kappa shape index (κ2) is 15.0. The third-order valence-corrected chi connectivity index (χ3v) is 15.8. The van der Waals surface area contributed by atoms with Gasteiger partial charge in [-0.2, -0.15) is 0 Å². The summed E-state index contributed by atoms with van der Waals surface area (Å²) in [5.74, 6) is 0. The zero-order chi connectivity index (χ0) is 45.2. The minimum absolute atomic E-state index is 0.000975. The Bertz CT molecular complexity index is 3250. The summed E-state index contributed by atoms with van der Waals surface area (Å²) in [5.41, 5.74) is 17.6. The third-order valence-electron chi connectivity index (χ3n) is 13.6. The van der Waals surface area contributed by atoms with Crippen LogP contribution in [0, 0.1) is 6.92 Å². The molecular formula is C59H56BN3S2. The standard InChI is InChI=1S/C59H56BN3S2/c1-37-21-28-48-47(31-37)60-54-46-34-41(59(8,9)10)25-30-52(46)65-56(54)63(53-33-38-32-40(58(5,6)7)24-29-51(38)64-53)50-36-45(61(42-17-13-11-14-18-42)43-19-15-12-16-20-43)35-49(55(50)60)62(48)44-26-22-39(23-27-44)57(2,3)4/h11-36H,1-10H3. The second-order valence-corrected chi connectivity index (χ2v) is 23.3. The zero-order valence-corrected chi connectivity index (χ0v) is 40.9. The largest absolute Gasteiger partial charge is 0.311 e. The maximum absolute atomic E-state index is 2.65. The summed E-state index contributed by atoms with van der Waals surface area (Å²) in [6.07, 6.45) is 0. The van der Waals surface area contributed by atoms with Crippen molar-refractivity contribution in [3.63, 3.8) is 0 Å². The molecule has 4 heterocycles. The molecule has 7 aromatic carbocycles. The number of rotatable bonds is 5. The van der Waals surface area contributed by atoms with Crippen molar-refractivity contribution in [3.8, 4) is 0 Å². The first-order chi connectivity index (χ1) is 31.0. The van der Waals surface area contributed by atoms with E-state index in [0.29, 0.717) is 0 Å². The van der Waals surface area contributed by atoms with Crippen LogP contribution in [0.2, 0.25) is 0 Å². The minimum Gasteiger partial charge on any atom is -0.311 e. The SMILES string of the molecule is Cc1ccc2c(c1)B1c3c(cc(N(c4ccccc4)c4ccccc4)cc3N(c3cc4cc(C(C)(C)C)ccc4s3)c3sc4ccc(C(C)(C)C)cc4c31)N2c1ccc(C(C)(C)C)cc1. The van der Waals surface area contributed by atoms with Crippen LogP contribution in [-0.4, -0.2) is 6.71 Å². The molecule has 0 atom stereocenters. The molecule has 2 aliphatic rings. The Kier molecular flexibility index (Phi) is 9.59. The molecule has 0 saturated heterocycles. The van der Waals surface area contributed by atoms with Crippen LogP contribution in [0.3, 0.4) is 0 Å². The Morgan fingerprint density at radius 3 is 1.65 bits per heavy atom. The van der Waals surface area contributed by atoms with Crippen LogP contribution in [0.1, 0.15) is 84.6 Å². The highest BCUT2D eigenvalue weighted by atomic mass is 32.1. The maximum Gasteiger partial charge on any atom is 0.254 e. The highest BCUT2D eigenvalue weighted by Crippen LogP contribution is 2.52. The van der Waals surface area contributed by atoms with Gasteiger partial charge in [-0.25, -0.2) is 0 Å². The quantitative estimate of drug-likeness (QED) is 0.160. The Morgan fingerprint density at radius 2 is 1.03 bits per heavy atom. The van der Waals surface area contributed by atoms with Crippen molar-refractivity contribution < 1.29 is 0 Å². The Balaban J connectivity index is 1.28. The van der Waals surface area contributed by atoms with Gasteiger partial charge in [-0.3, -0.25) is 4.90 Å². The van der Waals surface area contributed by atoms with E-state index in [1.807, 2.05) is 22.7 Å². The van der Waals surface area contributed by atoms with E-state index in [0.717, 1.165) is 22.7 Å². The van der Waals surface area contributed by atoms with E-state index in [1.165, 1.54) is 85.9 Å². The van der Waals surface area contributed by atoms with Crippen molar-refractivity contribution in [1.82, 2.24) is 0 Å². The van der Waals surface area contributed by atoms with E-state index in [9.17, 15) is 0 Å². The summed E-state index contributed by atoms with van der Waals surface area (Å²) in [6, 6.07) is 60.0. The number of para-hydroxylation sites is 2. The number of fused-ring (bicyclic) bond motifs is 7. The molecule has 2 aromatic heterocycles. The highest BCUT2D eigenvalue weighted by Gasteiger charge is 2.46. The van der Waals surface area contributed by atoms with Gasteiger partial charge in [0.2, 0.25) is 0 Å². The highest BCUT2D eigenvalue weighted by molar-refractivity contribution is 7.28. The van der Waals surface area contributed by atoms with Crippen molar-refractivity contribution in [2.75, 3.05) is 14.7 Å². The predicted octanol–water partition coefficient (Wildman–Crippen LogP) is 15.9. The fraction of sp³-hybridized carbons (Fsp3) is 0.220. The smallest absolute Gasteiger partial charge is 0.254 e. The molecule has 0 N–H and O–H groups in total. The van der Waals surface area contributed by atoms with Gasteiger partial charge < -0.3 is 9.80 Å². The lowest BCUT2D eigenvalue weighted by molar-refractivity contribution is 0.590. The Morgan fingerprint density at radius 1 is 0.462 bits per heavy atom. The molecule has 0 amide bonds. The lowest BCUT2D eigenvalue weighted by Crippen LogP contribution is -2.61. The maximum atomic E-state index is 2.65. The van der Waals surface area contributed by atoms with Crippen LogP contribution < -0.4 is 31.1 Å². The number of aryl methyl sites for hydroxylation is 1. The number of hydrogen-bond donors (Lipinski definition) is 0. The number of hydrogen-bond acceptors (Lipinski definition) is 5. The molecule has 0 bridgehead atoms. The first-order valence-corrected chi connectivity index (χ1v) is 24.7. The summed E-state index contributed by atoms with van der Waals surface area (Å²) in [5, 5.41) is 5.18. The van der Waals surface area contributed by atoms with Crippen LogP contribution in [0.25, 0.3) is 20.2 Å². The van der Waals surface area contributed by atoms with E-state index in [-0.39, 0.29) is 23.0 Å². The molecule has 0 saturated carbocycles. The van der Waals surface area contributed by atoms with Gasteiger partial charge in [0, 0.05) is 43.5 Å². The van der Waals surface area contributed by atoms with Gasteiger partial charge in [0.1, 0.15) is 5.00 Å². The summed E-state index contributed by atoms with van der Waals surface area (Å²) < 4.78 is 2.62. The van der Waals surface area contributed by atoms with Crippen molar-refractivity contribution in [2.24, 2.45) is 0 Å². The van der Waals surface area contributed by atoms with Crippen molar-refractivity contribution in [3.05, 3.63) is 180 Å². The van der Waals surface area contributed by atoms with Gasteiger partial charge in [0.05, 0.1) is 10.7 Å². The fourth-order valence-corrected chi connectivity index (χ4v) is 12.4. The molecule has 9 aromatic rings. The average molecular weight is 882 g/mol. The molecule has 3 nitrogen and oxygen atoms in total. The van der Waals surface area contributed by atoms with Crippen LogP contribution in [-0.2, 0) is 16.2 Å². The van der Waals surface area contributed by atoms with E-state index < -0.39 is 0 Å². The van der Waals surface area contributed by atoms with Gasteiger partial charge in [-0.05, 0) is 146 Å². The fourth-order valence-electron chi connectivity index (χ4n) is 10.0. The van der Waals surface area contributed by atoms with Gasteiger partial charge in [-0.1, -0.05) is 147 Å². The van der Waals surface area contributed by atoms with Gasteiger partial charge in [0.25, 0.3) is 6.71 Å². The normalized spacial score (nSPS) is 13.6. The topological polar surface area (TPSA) is 9.72 Å². The monoisotopic (exact) mass is 881 g/mol. The Hall–Kier alpha value is -6.08. The molecule has 0 fully saturated rings. The molecule has 0 aliphatic carbocycles. The summed E-state index contributed by atoms with van der Waals surface area (Å²) in [7, 11) is 0. The van der Waals surface area contributed by atoms with Crippen LogP contribution in [0.5, 0.6) is 0 Å². The van der Waals surface area contributed by atoms with Crippen molar-refractivity contribution >= 4 is 116 Å². The first-order valence-electron chi connectivity index (χ1n) is 23.0. The lowest BCUT2D eigenvalue weighted by atomic mass is 9.33. The molecule has 2 aliphatic heterocycles. The number of thiophene rings is 2. The van der Waals surface area contributed by atoms with Crippen LogP contribution in [0.15, 0.2) is 158 Å². The van der Waals surface area contributed by atoms with Gasteiger partial charge in [-0.15, -0.1) is 22.7 Å². The number of anilines is 9. The minimum atomic E-state index is 0.000975. The Labute approximate surface area is 393 Å². The van der Waals surface area contributed by atoms with E-state index >= 15 is 0 Å². The van der Waals surface area contributed by atoms with Crippen molar-refractivity contribution in [1.29, 1.82) is 0 Å².